The molecule has 1 aromatic rings. The van der Waals surface area contributed by atoms with Gasteiger partial charge in [0.25, 0.3) is 0 Å². The van der Waals surface area contributed by atoms with E-state index in [1.807, 2.05) is 23.1 Å². The van der Waals surface area contributed by atoms with Crippen molar-refractivity contribution < 1.29 is 14.4 Å². The van der Waals surface area contributed by atoms with E-state index >= 15 is 0 Å². The number of benzene rings is 1. The van der Waals surface area contributed by atoms with Crippen molar-refractivity contribution in [3.05, 3.63) is 35.4 Å². The number of likely N-dealkylation sites (N-methyl/N-ethyl adjacent to an activating group) is 1. The summed E-state index contributed by atoms with van der Waals surface area (Å²) in [6.45, 7) is 1.62. The van der Waals surface area contributed by atoms with Gasteiger partial charge in [0, 0.05) is 20.1 Å². The van der Waals surface area contributed by atoms with Gasteiger partial charge >= 0.3 is 17.8 Å². The molecule has 3 rings (SSSR count). The van der Waals surface area contributed by atoms with Crippen molar-refractivity contribution in [2.45, 2.75) is 13.0 Å². The average molecular weight is 273 g/mol. The van der Waals surface area contributed by atoms with E-state index < -0.39 is 17.8 Å². The summed E-state index contributed by atoms with van der Waals surface area (Å²) in [4.78, 5) is 38.9. The number of carbonyl (C=O) groups excluding carboxylic acids is 3. The van der Waals surface area contributed by atoms with E-state index in [0.29, 0.717) is 6.54 Å². The number of fused-ring (bicyclic) bond motifs is 1. The molecule has 0 unspecified atom stereocenters. The molecule has 2 aliphatic heterocycles. The summed E-state index contributed by atoms with van der Waals surface area (Å²) in [5, 5.41) is 0. The van der Waals surface area contributed by atoms with Gasteiger partial charge in [-0.05, 0) is 17.5 Å². The maximum atomic E-state index is 11.8. The van der Waals surface area contributed by atoms with Crippen LogP contribution in [0.2, 0.25) is 0 Å². The summed E-state index contributed by atoms with van der Waals surface area (Å²) in [6, 6.07) is 7.59. The molecule has 0 spiro atoms. The second kappa shape index (κ2) is 4.72. The molecule has 0 bridgehead atoms. The molecule has 1 fully saturated rings. The Morgan fingerprint density at radius 1 is 1.05 bits per heavy atom. The van der Waals surface area contributed by atoms with E-state index in [1.165, 1.54) is 18.2 Å². The third-order valence-corrected chi connectivity index (χ3v) is 3.80. The lowest BCUT2D eigenvalue weighted by atomic mass is 10.0. The summed E-state index contributed by atoms with van der Waals surface area (Å²) in [5.74, 6) is -1.50. The number of hydrogen-bond acceptors (Lipinski definition) is 4. The topological polar surface area (TPSA) is 60.9 Å². The molecule has 6 nitrogen and oxygen atoms in total. The maximum absolute atomic E-state index is 11.8. The number of carbonyl (C=O) groups is 3. The Kier molecular flexibility index (Phi) is 3.02. The van der Waals surface area contributed by atoms with Crippen molar-refractivity contribution in [1.29, 1.82) is 0 Å². The van der Waals surface area contributed by atoms with Crippen LogP contribution < -0.4 is 0 Å². The van der Waals surface area contributed by atoms with E-state index in [-0.39, 0.29) is 6.67 Å². The largest absolute Gasteiger partial charge is 0.335 e. The Balaban J connectivity index is 1.73. The van der Waals surface area contributed by atoms with Gasteiger partial charge in [-0.25, -0.2) is 9.69 Å². The van der Waals surface area contributed by atoms with Crippen LogP contribution in [0.25, 0.3) is 0 Å². The lowest BCUT2D eigenvalue weighted by Gasteiger charge is -2.30. The van der Waals surface area contributed by atoms with Gasteiger partial charge in [0.05, 0.1) is 6.67 Å². The monoisotopic (exact) mass is 273 g/mol. The summed E-state index contributed by atoms with van der Waals surface area (Å²) < 4.78 is 0. The van der Waals surface area contributed by atoms with E-state index in [9.17, 15) is 14.4 Å². The van der Waals surface area contributed by atoms with Gasteiger partial charge in [-0.15, -0.1) is 0 Å². The van der Waals surface area contributed by atoms with Crippen molar-refractivity contribution >= 4 is 17.8 Å². The minimum absolute atomic E-state index is 0.169. The van der Waals surface area contributed by atoms with Crippen LogP contribution in [0.4, 0.5) is 4.79 Å². The Labute approximate surface area is 116 Å². The minimum Gasteiger partial charge on any atom is -0.281 e. The molecule has 0 aromatic heterocycles. The molecule has 2 aliphatic rings. The number of imide groups is 2. The first kappa shape index (κ1) is 12.8. The van der Waals surface area contributed by atoms with E-state index in [4.69, 9.17) is 0 Å². The minimum atomic E-state index is -0.757. The lowest BCUT2D eigenvalue weighted by Crippen LogP contribution is -2.43. The van der Waals surface area contributed by atoms with Gasteiger partial charge in [-0.1, -0.05) is 24.3 Å². The number of hydrogen-bond donors (Lipinski definition) is 0. The lowest BCUT2D eigenvalue weighted by molar-refractivity contribution is -0.143. The van der Waals surface area contributed by atoms with Gasteiger partial charge in [-0.2, -0.15) is 0 Å². The molecular weight excluding hydrogens is 258 g/mol. The van der Waals surface area contributed by atoms with Gasteiger partial charge in [0.15, 0.2) is 0 Å². The van der Waals surface area contributed by atoms with E-state index in [0.717, 1.165) is 22.8 Å². The standard InChI is InChI=1S/C14H15N3O3/c1-15-12(18)13(19)17(14(15)20)9-16-7-6-10-4-2-3-5-11(10)8-16/h2-5H,6-9H2,1H3. The molecule has 20 heavy (non-hydrogen) atoms. The molecule has 0 aliphatic carbocycles. The van der Waals surface area contributed by atoms with Crippen molar-refractivity contribution in [1.82, 2.24) is 14.7 Å². The van der Waals surface area contributed by atoms with Crippen molar-refractivity contribution in [2.75, 3.05) is 20.3 Å². The molecule has 1 saturated heterocycles. The summed E-state index contributed by atoms with van der Waals surface area (Å²) >= 11 is 0. The molecule has 6 heteroatoms. The highest BCUT2D eigenvalue weighted by molar-refractivity contribution is 6.44. The van der Waals surface area contributed by atoms with E-state index in [2.05, 4.69) is 6.07 Å². The predicted octanol–water partition coefficient (Wildman–Crippen LogP) is 0.423. The Morgan fingerprint density at radius 3 is 2.40 bits per heavy atom. The number of nitrogens with zero attached hydrogens (tertiary/aromatic N) is 3. The fraction of sp³-hybridized carbons (Fsp3) is 0.357. The zero-order chi connectivity index (χ0) is 14.3. The normalized spacial score (nSPS) is 19.8. The summed E-state index contributed by atoms with van der Waals surface area (Å²) in [5.41, 5.74) is 2.51. The van der Waals surface area contributed by atoms with Gasteiger partial charge in [0.1, 0.15) is 0 Å². The van der Waals surface area contributed by atoms with Crippen LogP contribution in [-0.2, 0) is 22.6 Å². The van der Waals surface area contributed by atoms with Gasteiger partial charge in [-0.3, -0.25) is 19.4 Å². The molecule has 1 aromatic carbocycles. The highest BCUT2D eigenvalue weighted by Crippen LogP contribution is 2.20. The SMILES string of the molecule is CN1C(=O)C(=O)N(CN2CCc3ccccc3C2)C1=O. The van der Waals surface area contributed by atoms with Crippen LogP contribution in [0.15, 0.2) is 24.3 Å². The Hall–Kier alpha value is -2.21. The zero-order valence-electron chi connectivity index (χ0n) is 11.2. The van der Waals surface area contributed by atoms with Crippen LogP contribution in [0.5, 0.6) is 0 Å². The Bertz CT molecular complexity index is 599. The van der Waals surface area contributed by atoms with Crippen LogP contribution in [0, 0.1) is 0 Å². The Morgan fingerprint density at radius 2 is 1.75 bits per heavy atom. The van der Waals surface area contributed by atoms with Crippen LogP contribution in [-0.4, -0.2) is 52.8 Å². The van der Waals surface area contributed by atoms with Gasteiger partial charge < -0.3 is 0 Å². The van der Waals surface area contributed by atoms with Crippen molar-refractivity contribution in [3.63, 3.8) is 0 Å². The zero-order valence-corrected chi connectivity index (χ0v) is 11.2. The van der Waals surface area contributed by atoms with Crippen molar-refractivity contribution in [3.8, 4) is 0 Å². The van der Waals surface area contributed by atoms with Crippen molar-refractivity contribution in [2.24, 2.45) is 0 Å². The third kappa shape index (κ3) is 1.98. The van der Waals surface area contributed by atoms with Gasteiger partial charge in [0.2, 0.25) is 0 Å². The molecular formula is C14H15N3O3. The molecule has 104 valence electrons. The first-order valence-corrected chi connectivity index (χ1v) is 6.50. The number of urea groups is 1. The number of rotatable bonds is 2. The molecule has 0 radical (unpaired) electrons. The highest BCUT2D eigenvalue weighted by Gasteiger charge is 2.42. The molecule has 0 N–H and O–H groups in total. The summed E-state index contributed by atoms with van der Waals surface area (Å²) in [6.07, 6.45) is 0.885. The highest BCUT2D eigenvalue weighted by atomic mass is 16.2. The summed E-state index contributed by atoms with van der Waals surface area (Å²) in [7, 11) is 1.33. The van der Waals surface area contributed by atoms with Crippen LogP contribution in [0.1, 0.15) is 11.1 Å². The van der Waals surface area contributed by atoms with E-state index in [1.54, 1.807) is 0 Å². The molecule has 4 amide bonds. The average Bonchev–Trinajstić information content (AvgIpc) is 2.65. The third-order valence-electron chi connectivity index (χ3n) is 3.80. The first-order chi connectivity index (χ1) is 9.58. The quantitative estimate of drug-likeness (QED) is 0.579. The fourth-order valence-electron chi connectivity index (χ4n) is 2.61. The smallest absolute Gasteiger partial charge is 0.281 e. The molecule has 2 heterocycles. The first-order valence-electron chi connectivity index (χ1n) is 6.50. The van der Waals surface area contributed by atoms with Crippen LogP contribution in [0.3, 0.4) is 0 Å². The predicted molar refractivity (Wildman–Crippen MR) is 70.4 cm³/mol. The second-order valence-electron chi connectivity index (χ2n) is 5.09. The maximum Gasteiger partial charge on any atom is 0.335 e. The fourth-order valence-corrected chi connectivity index (χ4v) is 2.61. The molecule has 0 atom stereocenters. The number of amides is 4. The second-order valence-corrected chi connectivity index (χ2v) is 5.09. The van der Waals surface area contributed by atoms with Crippen LogP contribution >= 0.6 is 0 Å². The molecule has 0 saturated carbocycles.